The summed E-state index contributed by atoms with van der Waals surface area (Å²) in [5, 5.41) is 14.1. The van der Waals surface area contributed by atoms with Gasteiger partial charge in [0.1, 0.15) is 18.8 Å². The summed E-state index contributed by atoms with van der Waals surface area (Å²) in [4.78, 5) is 40.6. The molecule has 1 heterocycles. The Morgan fingerprint density at radius 3 is 2.21 bits per heavy atom. The Morgan fingerprint density at radius 1 is 1.03 bits per heavy atom. The molecule has 0 spiro atoms. The van der Waals surface area contributed by atoms with E-state index in [4.69, 9.17) is 9.52 Å². The second-order valence-electron chi connectivity index (χ2n) is 8.45. The highest BCUT2D eigenvalue weighted by Gasteiger charge is 2.35. The molecule has 1 atom stereocenters. The van der Waals surface area contributed by atoms with Gasteiger partial charge >= 0.3 is 5.97 Å². The molecule has 0 aliphatic heterocycles. The van der Waals surface area contributed by atoms with E-state index in [1.165, 1.54) is 6.26 Å². The van der Waals surface area contributed by atoms with Gasteiger partial charge in [-0.05, 0) is 34.6 Å². The molecule has 1 aliphatic carbocycles. The minimum Gasteiger partial charge on any atom is -0.480 e. The van der Waals surface area contributed by atoms with Crippen LogP contribution in [0.1, 0.15) is 59.7 Å². The lowest BCUT2D eigenvalue weighted by Gasteiger charge is -2.21. The van der Waals surface area contributed by atoms with E-state index >= 15 is 0 Å². The van der Waals surface area contributed by atoms with Gasteiger partial charge in [0.25, 0.3) is 5.91 Å². The number of hydrogen-bond donors (Lipinski definition) is 3. The van der Waals surface area contributed by atoms with Crippen LogP contribution in [0.15, 0.2) is 59.2 Å². The zero-order chi connectivity index (χ0) is 23.5. The number of carboxylic acid groups (broad SMARTS) is 1. The van der Waals surface area contributed by atoms with Crippen LogP contribution in [0, 0.1) is 5.92 Å². The summed E-state index contributed by atoms with van der Waals surface area (Å²) in [6.45, 7) is 3.51. The van der Waals surface area contributed by atoms with Crippen molar-refractivity contribution in [2.45, 2.75) is 32.2 Å². The van der Waals surface area contributed by atoms with Gasteiger partial charge in [-0.25, -0.2) is 4.98 Å². The van der Waals surface area contributed by atoms with E-state index in [0.29, 0.717) is 6.42 Å². The molecule has 0 radical (unpaired) electrons. The van der Waals surface area contributed by atoms with Crippen LogP contribution in [-0.4, -0.2) is 34.4 Å². The van der Waals surface area contributed by atoms with Crippen molar-refractivity contribution in [3.05, 3.63) is 77.5 Å². The fourth-order valence-electron chi connectivity index (χ4n) is 4.18. The maximum absolute atomic E-state index is 13.5. The van der Waals surface area contributed by atoms with Crippen LogP contribution in [0.2, 0.25) is 0 Å². The number of oxazole rings is 1. The van der Waals surface area contributed by atoms with E-state index < -0.39 is 30.4 Å². The number of amides is 2. The third-order valence-corrected chi connectivity index (χ3v) is 5.57. The van der Waals surface area contributed by atoms with Crippen LogP contribution >= 0.6 is 0 Å². The predicted molar refractivity (Wildman–Crippen MR) is 121 cm³/mol. The number of nitrogens with one attached hydrogen (secondary N) is 2. The van der Waals surface area contributed by atoms with Gasteiger partial charge in [0.05, 0.1) is 5.92 Å². The minimum absolute atomic E-state index is 0.0363. The molecular weight excluding hydrogens is 422 g/mol. The molecule has 0 bridgehead atoms. The number of carbonyl (C=O) groups is 3. The fraction of sp³-hybridized carbons (Fsp3) is 0.280. The van der Waals surface area contributed by atoms with E-state index in [1.807, 2.05) is 62.4 Å². The van der Waals surface area contributed by atoms with Crippen LogP contribution in [0.25, 0.3) is 11.1 Å². The molecule has 0 fully saturated rings. The van der Waals surface area contributed by atoms with Crippen LogP contribution < -0.4 is 10.6 Å². The van der Waals surface area contributed by atoms with Crippen molar-refractivity contribution in [1.29, 1.82) is 0 Å². The zero-order valence-corrected chi connectivity index (χ0v) is 18.4. The predicted octanol–water partition coefficient (Wildman–Crippen LogP) is 3.50. The Hall–Kier alpha value is -3.94. The van der Waals surface area contributed by atoms with Crippen molar-refractivity contribution >= 4 is 17.8 Å². The fourth-order valence-corrected chi connectivity index (χ4v) is 4.18. The highest BCUT2D eigenvalue weighted by Crippen LogP contribution is 2.44. The number of benzene rings is 2. The van der Waals surface area contributed by atoms with Crippen LogP contribution in [0.3, 0.4) is 0 Å². The van der Waals surface area contributed by atoms with Gasteiger partial charge in [-0.15, -0.1) is 0 Å². The highest BCUT2D eigenvalue weighted by atomic mass is 16.4. The quantitative estimate of drug-likeness (QED) is 0.486. The maximum atomic E-state index is 13.5. The largest absolute Gasteiger partial charge is 0.480 e. The van der Waals surface area contributed by atoms with Gasteiger partial charge in [-0.1, -0.05) is 62.4 Å². The summed E-state index contributed by atoms with van der Waals surface area (Å²) in [5.74, 6) is -2.02. The van der Waals surface area contributed by atoms with Gasteiger partial charge in [-0.2, -0.15) is 0 Å². The van der Waals surface area contributed by atoms with Gasteiger partial charge < -0.3 is 20.2 Å². The van der Waals surface area contributed by atoms with E-state index in [9.17, 15) is 14.4 Å². The van der Waals surface area contributed by atoms with Gasteiger partial charge in [-0.3, -0.25) is 14.4 Å². The first-order valence-corrected chi connectivity index (χ1v) is 10.8. The van der Waals surface area contributed by atoms with E-state index in [-0.39, 0.29) is 23.4 Å². The van der Waals surface area contributed by atoms with Crippen molar-refractivity contribution in [1.82, 2.24) is 15.6 Å². The zero-order valence-electron chi connectivity index (χ0n) is 18.4. The topological polar surface area (TPSA) is 122 Å². The molecule has 1 aromatic heterocycles. The Balaban J connectivity index is 1.58. The SMILES string of the molecule is CC(C)C[C@H](NC(=O)C1c2ccccc2-c2ccccc21)c1nc(C(=O)NCC(=O)O)co1. The highest BCUT2D eigenvalue weighted by molar-refractivity contribution is 5.96. The molecule has 8 nitrogen and oxygen atoms in total. The average molecular weight is 447 g/mol. The van der Waals surface area contributed by atoms with Crippen molar-refractivity contribution < 1.29 is 23.9 Å². The number of nitrogens with zero attached hydrogens (tertiary/aromatic N) is 1. The normalized spacial score (nSPS) is 13.3. The monoisotopic (exact) mass is 447 g/mol. The van der Waals surface area contributed by atoms with E-state index in [2.05, 4.69) is 15.6 Å². The Kier molecular flexibility index (Phi) is 6.26. The molecule has 33 heavy (non-hydrogen) atoms. The molecule has 2 amide bonds. The maximum Gasteiger partial charge on any atom is 0.322 e. The summed E-state index contributed by atoms with van der Waals surface area (Å²) < 4.78 is 5.52. The van der Waals surface area contributed by atoms with Gasteiger partial charge in [0.2, 0.25) is 11.8 Å². The lowest BCUT2D eigenvalue weighted by molar-refractivity contribution is -0.135. The molecule has 2 aromatic carbocycles. The number of aliphatic carboxylic acids is 1. The summed E-state index contributed by atoms with van der Waals surface area (Å²) >= 11 is 0. The Morgan fingerprint density at radius 2 is 1.64 bits per heavy atom. The number of rotatable bonds is 8. The Bertz CT molecular complexity index is 1150. The van der Waals surface area contributed by atoms with Crippen molar-refractivity contribution in [3.63, 3.8) is 0 Å². The molecule has 3 aromatic rings. The summed E-state index contributed by atoms with van der Waals surface area (Å²) in [6.07, 6.45) is 1.73. The number of aromatic nitrogens is 1. The molecule has 8 heteroatoms. The minimum atomic E-state index is -1.16. The average Bonchev–Trinajstić information content (AvgIpc) is 3.40. The molecule has 0 unspecified atom stereocenters. The van der Waals surface area contributed by atoms with E-state index in [0.717, 1.165) is 22.3 Å². The van der Waals surface area contributed by atoms with E-state index in [1.54, 1.807) is 0 Å². The first-order chi connectivity index (χ1) is 15.8. The number of carbonyl (C=O) groups excluding carboxylic acids is 2. The number of carboxylic acids is 1. The van der Waals surface area contributed by atoms with Crippen molar-refractivity contribution in [2.24, 2.45) is 5.92 Å². The molecule has 3 N–H and O–H groups in total. The lowest BCUT2D eigenvalue weighted by atomic mass is 9.95. The molecule has 0 saturated carbocycles. The third kappa shape index (κ3) is 4.64. The molecular formula is C25H25N3O5. The lowest BCUT2D eigenvalue weighted by Crippen LogP contribution is -2.34. The standard InChI is InChI=1S/C25H25N3O5/c1-14(2)11-19(25-28-20(13-33-25)23(31)26-12-21(29)30)27-24(32)22-17-9-5-3-7-15(17)16-8-4-6-10-18(16)22/h3-10,13-14,19,22H,11-12H2,1-2H3,(H,26,31)(H,27,32)(H,29,30)/t19-/m0/s1. The second kappa shape index (κ2) is 9.28. The third-order valence-electron chi connectivity index (χ3n) is 5.57. The second-order valence-corrected chi connectivity index (χ2v) is 8.45. The summed E-state index contributed by atoms with van der Waals surface area (Å²) in [5.41, 5.74) is 3.94. The first kappa shape index (κ1) is 22.3. The summed E-state index contributed by atoms with van der Waals surface area (Å²) in [7, 11) is 0. The van der Waals surface area contributed by atoms with Crippen LogP contribution in [0.5, 0.6) is 0 Å². The van der Waals surface area contributed by atoms with Gasteiger partial charge in [0, 0.05) is 0 Å². The van der Waals surface area contributed by atoms with Crippen molar-refractivity contribution in [3.8, 4) is 11.1 Å². The molecule has 0 saturated heterocycles. The summed E-state index contributed by atoms with van der Waals surface area (Å²) in [6, 6.07) is 15.2. The number of hydrogen-bond acceptors (Lipinski definition) is 5. The van der Waals surface area contributed by atoms with Crippen LogP contribution in [-0.2, 0) is 9.59 Å². The first-order valence-electron chi connectivity index (χ1n) is 10.8. The smallest absolute Gasteiger partial charge is 0.322 e. The molecule has 170 valence electrons. The Labute approximate surface area is 191 Å². The van der Waals surface area contributed by atoms with Gasteiger partial charge in [0.15, 0.2) is 5.69 Å². The molecule has 4 rings (SSSR count). The number of fused-ring (bicyclic) bond motifs is 3. The van der Waals surface area contributed by atoms with Crippen LogP contribution in [0.4, 0.5) is 0 Å². The molecule has 1 aliphatic rings. The van der Waals surface area contributed by atoms with Crippen molar-refractivity contribution in [2.75, 3.05) is 6.54 Å².